The van der Waals surface area contributed by atoms with Crippen molar-refractivity contribution < 1.29 is 4.74 Å². The van der Waals surface area contributed by atoms with E-state index in [-0.39, 0.29) is 0 Å². The number of nitrogens with one attached hydrogen (secondary N) is 1. The molecule has 0 atom stereocenters. The maximum atomic E-state index is 5.69. The summed E-state index contributed by atoms with van der Waals surface area (Å²) in [5.74, 6) is 1.69. The van der Waals surface area contributed by atoms with Crippen LogP contribution in [0.15, 0.2) is 54.6 Å². The number of rotatable bonds is 5. The Kier molecular flexibility index (Phi) is 4.13. The van der Waals surface area contributed by atoms with Gasteiger partial charge in [-0.05, 0) is 29.8 Å². The van der Waals surface area contributed by atoms with Crippen LogP contribution in [0.5, 0.6) is 11.5 Å². The highest BCUT2D eigenvalue weighted by molar-refractivity contribution is 5.32. The maximum absolute atomic E-state index is 5.69. The summed E-state index contributed by atoms with van der Waals surface area (Å²) in [7, 11) is 0. The van der Waals surface area contributed by atoms with Crippen molar-refractivity contribution in [2.75, 3.05) is 6.67 Å². The molecule has 2 aromatic rings. The first kappa shape index (κ1) is 11.6. The molecule has 0 unspecified atom stereocenters. The second-order valence-corrected chi connectivity index (χ2v) is 3.69. The second-order valence-electron chi connectivity index (χ2n) is 3.69. The van der Waals surface area contributed by atoms with Crippen LogP contribution < -0.4 is 15.8 Å². The standard InChI is InChI=1S/C14H16N2O/c15-11-16-10-12-6-8-14(9-7-12)17-13-4-2-1-3-5-13/h1-9,16H,10-11,15H2. The van der Waals surface area contributed by atoms with Gasteiger partial charge in [0.05, 0.1) is 0 Å². The minimum absolute atomic E-state index is 0.488. The zero-order valence-electron chi connectivity index (χ0n) is 9.60. The van der Waals surface area contributed by atoms with Crippen molar-refractivity contribution in [3.05, 3.63) is 60.2 Å². The van der Waals surface area contributed by atoms with E-state index in [0.717, 1.165) is 18.0 Å². The van der Waals surface area contributed by atoms with E-state index in [1.165, 1.54) is 5.56 Å². The monoisotopic (exact) mass is 228 g/mol. The molecule has 3 heteroatoms. The molecule has 0 heterocycles. The molecule has 2 aromatic carbocycles. The van der Waals surface area contributed by atoms with Gasteiger partial charge in [-0.15, -0.1) is 0 Å². The van der Waals surface area contributed by atoms with Crippen LogP contribution in [0.4, 0.5) is 0 Å². The van der Waals surface area contributed by atoms with Gasteiger partial charge in [-0.3, -0.25) is 0 Å². The third kappa shape index (κ3) is 3.59. The molecule has 0 spiro atoms. The lowest BCUT2D eigenvalue weighted by atomic mass is 10.2. The van der Waals surface area contributed by atoms with Gasteiger partial charge in [-0.2, -0.15) is 0 Å². The molecule has 3 nitrogen and oxygen atoms in total. The highest BCUT2D eigenvalue weighted by Gasteiger charge is 1.96. The third-order valence-electron chi connectivity index (χ3n) is 2.38. The van der Waals surface area contributed by atoms with E-state index in [2.05, 4.69) is 5.32 Å². The van der Waals surface area contributed by atoms with E-state index < -0.39 is 0 Å². The highest BCUT2D eigenvalue weighted by Crippen LogP contribution is 2.20. The average molecular weight is 228 g/mol. The predicted molar refractivity (Wildman–Crippen MR) is 68.9 cm³/mol. The van der Waals surface area contributed by atoms with Crippen molar-refractivity contribution in [3.63, 3.8) is 0 Å². The Bertz CT molecular complexity index is 440. The Morgan fingerprint density at radius 2 is 1.53 bits per heavy atom. The summed E-state index contributed by atoms with van der Waals surface area (Å²) >= 11 is 0. The van der Waals surface area contributed by atoms with Gasteiger partial charge in [0.2, 0.25) is 0 Å². The number of para-hydroxylation sites is 1. The van der Waals surface area contributed by atoms with E-state index in [4.69, 9.17) is 10.5 Å². The largest absolute Gasteiger partial charge is 0.457 e. The number of hydrogen-bond donors (Lipinski definition) is 2. The Morgan fingerprint density at radius 3 is 2.18 bits per heavy atom. The van der Waals surface area contributed by atoms with E-state index in [1.54, 1.807) is 0 Å². The zero-order chi connectivity index (χ0) is 11.9. The topological polar surface area (TPSA) is 47.3 Å². The SMILES string of the molecule is NCNCc1ccc(Oc2ccccc2)cc1. The van der Waals surface area contributed by atoms with Crippen molar-refractivity contribution >= 4 is 0 Å². The molecule has 0 fully saturated rings. The summed E-state index contributed by atoms with van der Waals surface area (Å²) in [6.07, 6.45) is 0. The van der Waals surface area contributed by atoms with Crippen LogP contribution in [0.25, 0.3) is 0 Å². The molecule has 0 saturated heterocycles. The van der Waals surface area contributed by atoms with Crippen LogP contribution in [0, 0.1) is 0 Å². The number of ether oxygens (including phenoxy) is 1. The first-order chi connectivity index (χ1) is 8.38. The van der Waals surface area contributed by atoms with Gasteiger partial charge in [0.15, 0.2) is 0 Å². The van der Waals surface area contributed by atoms with E-state index in [0.29, 0.717) is 6.67 Å². The van der Waals surface area contributed by atoms with Crippen LogP contribution in [-0.2, 0) is 6.54 Å². The maximum Gasteiger partial charge on any atom is 0.127 e. The number of hydrogen-bond acceptors (Lipinski definition) is 3. The smallest absolute Gasteiger partial charge is 0.127 e. The van der Waals surface area contributed by atoms with Gasteiger partial charge in [0.1, 0.15) is 11.5 Å². The Hall–Kier alpha value is -1.84. The minimum Gasteiger partial charge on any atom is -0.457 e. The molecular weight excluding hydrogens is 212 g/mol. The van der Waals surface area contributed by atoms with Gasteiger partial charge in [0, 0.05) is 13.2 Å². The Balaban J connectivity index is 1.98. The van der Waals surface area contributed by atoms with Crippen LogP contribution in [-0.4, -0.2) is 6.67 Å². The predicted octanol–water partition coefficient (Wildman–Crippen LogP) is 2.48. The van der Waals surface area contributed by atoms with Crippen LogP contribution in [0.2, 0.25) is 0 Å². The molecule has 17 heavy (non-hydrogen) atoms. The number of nitrogens with two attached hydrogens (primary N) is 1. The fraction of sp³-hybridized carbons (Fsp3) is 0.143. The summed E-state index contributed by atoms with van der Waals surface area (Å²) in [4.78, 5) is 0. The normalized spacial score (nSPS) is 10.2. The quantitative estimate of drug-likeness (QED) is 0.773. The van der Waals surface area contributed by atoms with Gasteiger partial charge in [-0.1, -0.05) is 30.3 Å². The molecule has 2 rings (SSSR count). The molecule has 0 radical (unpaired) electrons. The lowest BCUT2D eigenvalue weighted by molar-refractivity contribution is 0.482. The van der Waals surface area contributed by atoms with Gasteiger partial charge in [-0.25, -0.2) is 0 Å². The summed E-state index contributed by atoms with van der Waals surface area (Å²) in [6.45, 7) is 1.27. The lowest BCUT2D eigenvalue weighted by Gasteiger charge is -2.06. The molecule has 0 bridgehead atoms. The highest BCUT2D eigenvalue weighted by atomic mass is 16.5. The van der Waals surface area contributed by atoms with E-state index >= 15 is 0 Å². The summed E-state index contributed by atoms with van der Waals surface area (Å²) in [5, 5.41) is 3.07. The first-order valence-corrected chi connectivity index (χ1v) is 5.61. The van der Waals surface area contributed by atoms with Crippen molar-refractivity contribution in [1.82, 2.24) is 5.32 Å². The molecule has 0 aliphatic heterocycles. The lowest BCUT2D eigenvalue weighted by Crippen LogP contribution is -2.21. The molecule has 0 aliphatic carbocycles. The molecule has 3 N–H and O–H groups in total. The van der Waals surface area contributed by atoms with Crippen molar-refractivity contribution in [1.29, 1.82) is 0 Å². The van der Waals surface area contributed by atoms with E-state index in [9.17, 15) is 0 Å². The molecule has 0 amide bonds. The van der Waals surface area contributed by atoms with Crippen LogP contribution in [0.3, 0.4) is 0 Å². The first-order valence-electron chi connectivity index (χ1n) is 5.61. The zero-order valence-corrected chi connectivity index (χ0v) is 9.60. The summed E-state index contributed by atoms with van der Waals surface area (Å²) in [6, 6.07) is 17.7. The fourth-order valence-corrected chi connectivity index (χ4v) is 1.52. The molecule has 0 saturated carbocycles. The molecule has 0 aliphatic rings. The van der Waals surface area contributed by atoms with Gasteiger partial charge >= 0.3 is 0 Å². The molecule has 88 valence electrons. The van der Waals surface area contributed by atoms with Gasteiger partial charge < -0.3 is 15.8 Å². The Morgan fingerprint density at radius 1 is 0.882 bits per heavy atom. The van der Waals surface area contributed by atoms with Crippen molar-refractivity contribution in [2.24, 2.45) is 5.73 Å². The second kappa shape index (κ2) is 6.03. The van der Waals surface area contributed by atoms with Gasteiger partial charge in [0.25, 0.3) is 0 Å². The minimum atomic E-state index is 0.488. The van der Waals surface area contributed by atoms with E-state index in [1.807, 2.05) is 54.6 Å². The van der Waals surface area contributed by atoms with Crippen molar-refractivity contribution in [3.8, 4) is 11.5 Å². The third-order valence-corrected chi connectivity index (χ3v) is 2.38. The Labute approximate surface area is 101 Å². The summed E-state index contributed by atoms with van der Waals surface area (Å²) < 4.78 is 5.69. The molecular formula is C14H16N2O. The summed E-state index contributed by atoms with van der Waals surface area (Å²) in [5.41, 5.74) is 6.56. The number of benzene rings is 2. The van der Waals surface area contributed by atoms with Crippen LogP contribution in [0.1, 0.15) is 5.56 Å². The van der Waals surface area contributed by atoms with Crippen LogP contribution >= 0.6 is 0 Å². The molecule has 0 aromatic heterocycles. The van der Waals surface area contributed by atoms with Crippen molar-refractivity contribution in [2.45, 2.75) is 6.54 Å². The fourth-order valence-electron chi connectivity index (χ4n) is 1.52. The average Bonchev–Trinajstić information content (AvgIpc) is 2.39.